The van der Waals surface area contributed by atoms with Gasteiger partial charge in [0.1, 0.15) is 18.3 Å². The molecule has 1 saturated heterocycles. The minimum absolute atomic E-state index is 0.0471. The fraction of sp³-hybridized carbons (Fsp3) is 0.214. The molecule has 1 unspecified atom stereocenters. The van der Waals surface area contributed by atoms with Gasteiger partial charge in [0.15, 0.2) is 0 Å². The third kappa shape index (κ3) is 3.80. The van der Waals surface area contributed by atoms with Crippen LogP contribution in [0.5, 0.6) is 5.75 Å². The largest absolute Gasteiger partial charge is 0.733 e. The highest BCUT2D eigenvalue weighted by molar-refractivity contribution is 5.97. The Labute approximate surface area is 213 Å². The molecule has 9 heteroatoms. The summed E-state index contributed by atoms with van der Waals surface area (Å²) in [5, 5.41) is 22.0. The Bertz CT molecular complexity index is 1510. The molecule has 4 aromatic rings. The van der Waals surface area contributed by atoms with Gasteiger partial charge in [-0.25, -0.2) is 0 Å². The molecule has 1 aromatic heterocycles. The second-order valence-electron chi connectivity index (χ2n) is 9.36. The van der Waals surface area contributed by atoms with Crippen LogP contribution in [-0.2, 0) is 22.6 Å². The summed E-state index contributed by atoms with van der Waals surface area (Å²) in [5.74, 6) is 0.325. The molecule has 2 atom stereocenters. The van der Waals surface area contributed by atoms with Crippen molar-refractivity contribution in [3.05, 3.63) is 100 Å². The van der Waals surface area contributed by atoms with Crippen LogP contribution in [0.25, 0.3) is 10.9 Å². The van der Waals surface area contributed by atoms with Crippen LogP contribution >= 0.6 is 0 Å². The van der Waals surface area contributed by atoms with Gasteiger partial charge in [0.2, 0.25) is 11.8 Å². The van der Waals surface area contributed by atoms with Gasteiger partial charge >= 0.3 is 0 Å². The maximum absolute atomic E-state index is 13.9. The number of hydrogen-bond acceptors (Lipinski definition) is 6. The molecule has 37 heavy (non-hydrogen) atoms. The first-order chi connectivity index (χ1) is 18.0. The number of nitrogens with zero attached hydrogens (tertiary/aromatic N) is 3. The normalized spacial score (nSPS) is 19.1. The van der Waals surface area contributed by atoms with E-state index in [9.17, 15) is 20.0 Å². The summed E-state index contributed by atoms with van der Waals surface area (Å²) in [6.07, 6.45) is 0.371. The standard InChI is InChI=1S/C28H25N4O5/c1-37-24-12-5-2-7-18(24)15-30-16-25(33)31-23(28(30)34)14-21-20-10-3-4-11-22(20)29-26(21)27(31)17-8-6-9-19(13-17)32(35)36/h2-13,23,27,29,35H,14-16H2,1H3/q-1/t23-,27?/m0/s1. The van der Waals surface area contributed by atoms with Gasteiger partial charge in [-0.15, -0.1) is 0 Å². The number of carbonyl (C=O) groups is 2. The SMILES string of the molecule is COc1ccccc1CN1CC(=O)N2C(c3cccc(N([O-])O)c3)c3[nH]c4ccccc4c3C[C@H]2C1=O. The summed E-state index contributed by atoms with van der Waals surface area (Å²) in [4.78, 5) is 34.3. The zero-order valence-electron chi connectivity index (χ0n) is 20.1. The Morgan fingerprint density at radius 2 is 1.86 bits per heavy atom. The Hall–Kier alpha value is -4.34. The molecule has 0 aliphatic carbocycles. The number of fused-ring (bicyclic) bond motifs is 4. The van der Waals surface area contributed by atoms with E-state index >= 15 is 0 Å². The van der Waals surface area contributed by atoms with Crippen LogP contribution in [0.1, 0.15) is 28.4 Å². The Morgan fingerprint density at radius 3 is 2.68 bits per heavy atom. The highest BCUT2D eigenvalue weighted by Crippen LogP contribution is 2.43. The third-order valence-corrected chi connectivity index (χ3v) is 7.30. The minimum Gasteiger partial charge on any atom is -0.733 e. The number of amides is 2. The molecule has 188 valence electrons. The van der Waals surface area contributed by atoms with Gasteiger partial charge in [-0.05, 0) is 35.4 Å². The summed E-state index contributed by atoms with van der Waals surface area (Å²) < 4.78 is 5.46. The minimum atomic E-state index is -0.714. The maximum Gasteiger partial charge on any atom is 0.246 e. The molecule has 2 N–H and O–H groups in total. The van der Waals surface area contributed by atoms with Gasteiger partial charge in [-0.3, -0.25) is 14.8 Å². The van der Waals surface area contributed by atoms with Crippen LogP contribution in [0.15, 0.2) is 72.8 Å². The molecular formula is C28H25N4O5-. The molecule has 0 spiro atoms. The number of nitrogens with one attached hydrogen (secondary N) is 1. The molecule has 9 nitrogen and oxygen atoms in total. The molecule has 2 aliphatic rings. The van der Waals surface area contributed by atoms with Gasteiger partial charge in [-0.1, -0.05) is 48.5 Å². The summed E-state index contributed by atoms with van der Waals surface area (Å²) in [5.41, 5.74) is 4.19. The first-order valence-corrected chi connectivity index (χ1v) is 12.0. The van der Waals surface area contributed by atoms with Crippen molar-refractivity contribution in [2.45, 2.75) is 25.0 Å². The predicted molar refractivity (Wildman–Crippen MR) is 137 cm³/mol. The highest BCUT2D eigenvalue weighted by Gasteiger charge is 2.48. The lowest BCUT2D eigenvalue weighted by Crippen LogP contribution is -2.62. The van der Waals surface area contributed by atoms with Crippen molar-refractivity contribution < 1.29 is 19.5 Å². The number of piperazine rings is 1. The average molecular weight is 498 g/mol. The first-order valence-electron chi connectivity index (χ1n) is 12.0. The van der Waals surface area contributed by atoms with Crippen LogP contribution in [-0.4, -0.2) is 51.5 Å². The van der Waals surface area contributed by atoms with Gasteiger partial charge in [-0.2, -0.15) is 0 Å². The number of hydrogen-bond donors (Lipinski definition) is 2. The van der Waals surface area contributed by atoms with E-state index in [2.05, 4.69) is 4.98 Å². The fourth-order valence-corrected chi connectivity index (χ4v) is 5.66. The summed E-state index contributed by atoms with van der Waals surface area (Å²) in [7, 11) is 1.58. The molecule has 0 saturated carbocycles. The van der Waals surface area contributed by atoms with Crippen LogP contribution in [0.2, 0.25) is 0 Å². The van der Waals surface area contributed by atoms with E-state index in [1.165, 1.54) is 6.07 Å². The van der Waals surface area contributed by atoms with Crippen molar-refractivity contribution in [3.8, 4) is 5.75 Å². The van der Waals surface area contributed by atoms with E-state index in [1.807, 2.05) is 48.5 Å². The smallest absolute Gasteiger partial charge is 0.246 e. The van der Waals surface area contributed by atoms with Crippen molar-refractivity contribution in [1.29, 1.82) is 0 Å². The van der Waals surface area contributed by atoms with E-state index in [0.717, 1.165) is 27.7 Å². The number of ether oxygens (including phenoxy) is 1. The monoisotopic (exact) mass is 497 g/mol. The Morgan fingerprint density at radius 1 is 1.08 bits per heavy atom. The second kappa shape index (κ2) is 8.95. The number of rotatable bonds is 5. The number of aromatic nitrogens is 1. The average Bonchev–Trinajstić information content (AvgIpc) is 3.29. The molecule has 3 heterocycles. The molecule has 2 amide bonds. The van der Waals surface area contributed by atoms with E-state index < -0.39 is 12.1 Å². The zero-order chi connectivity index (χ0) is 25.7. The van der Waals surface area contributed by atoms with Crippen molar-refractivity contribution in [2.75, 3.05) is 18.9 Å². The lowest BCUT2D eigenvalue weighted by molar-refractivity contribution is -0.159. The quantitative estimate of drug-likeness (QED) is 0.406. The van der Waals surface area contributed by atoms with E-state index in [4.69, 9.17) is 4.74 Å². The van der Waals surface area contributed by atoms with Crippen molar-refractivity contribution in [2.24, 2.45) is 0 Å². The number of methoxy groups -OCH3 is 1. The Balaban J connectivity index is 1.45. The van der Waals surface area contributed by atoms with Crippen molar-refractivity contribution >= 4 is 28.4 Å². The number of H-pyrrole nitrogens is 1. The molecule has 2 aliphatic heterocycles. The lowest BCUT2D eigenvalue weighted by Gasteiger charge is -2.47. The third-order valence-electron chi connectivity index (χ3n) is 7.30. The van der Waals surface area contributed by atoms with Gasteiger partial charge in [0.05, 0.1) is 18.8 Å². The highest BCUT2D eigenvalue weighted by atomic mass is 16.8. The van der Waals surface area contributed by atoms with E-state index in [-0.39, 0.29) is 35.8 Å². The topological polar surface area (TPSA) is 112 Å². The second-order valence-corrected chi connectivity index (χ2v) is 9.36. The maximum atomic E-state index is 13.9. The summed E-state index contributed by atoms with van der Waals surface area (Å²) in [6, 6.07) is 20.5. The van der Waals surface area contributed by atoms with E-state index in [0.29, 0.717) is 17.7 Å². The van der Waals surface area contributed by atoms with Crippen LogP contribution in [0, 0.1) is 5.21 Å². The summed E-state index contributed by atoms with van der Waals surface area (Å²) >= 11 is 0. The summed E-state index contributed by atoms with van der Waals surface area (Å²) in [6.45, 7) is 0.183. The van der Waals surface area contributed by atoms with Crippen molar-refractivity contribution in [3.63, 3.8) is 0 Å². The molecule has 0 bridgehead atoms. The van der Waals surface area contributed by atoms with Crippen LogP contribution < -0.4 is 9.96 Å². The van der Waals surface area contributed by atoms with Gasteiger partial charge < -0.3 is 30.0 Å². The zero-order valence-corrected chi connectivity index (χ0v) is 20.1. The molecule has 1 fully saturated rings. The molecule has 0 radical (unpaired) electrons. The van der Waals surface area contributed by atoms with Gasteiger partial charge in [0.25, 0.3) is 0 Å². The van der Waals surface area contributed by atoms with Crippen LogP contribution in [0.3, 0.4) is 0 Å². The predicted octanol–water partition coefficient (Wildman–Crippen LogP) is 3.76. The molecule has 6 rings (SSSR count). The molecular weight excluding hydrogens is 472 g/mol. The van der Waals surface area contributed by atoms with Gasteiger partial charge in [0, 0.05) is 35.1 Å². The molecule has 3 aromatic carbocycles. The number of carbonyl (C=O) groups excluding carboxylic acids is 2. The lowest BCUT2D eigenvalue weighted by atomic mass is 9.86. The van der Waals surface area contributed by atoms with E-state index in [1.54, 1.807) is 35.1 Å². The van der Waals surface area contributed by atoms with Crippen molar-refractivity contribution in [1.82, 2.24) is 14.8 Å². The number of benzene rings is 3. The first kappa shape index (κ1) is 23.1. The number of anilines is 1. The van der Waals surface area contributed by atoms with Crippen LogP contribution in [0.4, 0.5) is 5.69 Å². The Kier molecular flexibility index (Phi) is 5.58. The number of para-hydroxylation sites is 2. The fourth-order valence-electron chi connectivity index (χ4n) is 5.66. The number of aromatic amines is 1.